The van der Waals surface area contributed by atoms with E-state index < -0.39 is 0 Å². The number of amides is 1. The Hall–Kier alpha value is -2.37. The summed E-state index contributed by atoms with van der Waals surface area (Å²) in [6.07, 6.45) is 1.94. The fourth-order valence-corrected chi connectivity index (χ4v) is 4.13. The predicted octanol–water partition coefficient (Wildman–Crippen LogP) is 2.15. The van der Waals surface area contributed by atoms with Gasteiger partial charge < -0.3 is 9.80 Å². The summed E-state index contributed by atoms with van der Waals surface area (Å²) < 4.78 is 0. The second-order valence-electron chi connectivity index (χ2n) is 6.74. The standard InChI is InChI=1S/C21H21N3OS/c1-23-11-13-24(14-12-23)21-22-20(25)19(26-21)15-16-7-9-18(10-8-16)17-5-3-2-4-6-17/h2-10,15H,11-14H2,1H3/p+1/b19-15+. The molecule has 0 saturated carbocycles. The highest BCUT2D eigenvalue weighted by atomic mass is 32.2. The zero-order valence-electron chi connectivity index (χ0n) is 14.8. The quantitative estimate of drug-likeness (QED) is 0.830. The first-order chi connectivity index (χ1) is 12.7. The molecule has 5 heteroatoms. The second kappa shape index (κ2) is 7.48. The van der Waals surface area contributed by atoms with Crippen molar-refractivity contribution in [3.8, 4) is 11.1 Å². The van der Waals surface area contributed by atoms with Crippen molar-refractivity contribution in [2.75, 3.05) is 33.2 Å². The summed E-state index contributed by atoms with van der Waals surface area (Å²) >= 11 is 1.50. The highest BCUT2D eigenvalue weighted by molar-refractivity contribution is 8.18. The number of aliphatic imine (C=N–C) groups is 1. The van der Waals surface area contributed by atoms with Crippen LogP contribution in [-0.4, -0.2) is 49.2 Å². The molecule has 0 aliphatic carbocycles. The zero-order chi connectivity index (χ0) is 17.9. The molecular weight excluding hydrogens is 342 g/mol. The maximum atomic E-state index is 12.3. The number of carbonyl (C=O) groups is 1. The van der Waals surface area contributed by atoms with Crippen molar-refractivity contribution < 1.29 is 9.69 Å². The highest BCUT2D eigenvalue weighted by Gasteiger charge is 2.28. The molecule has 2 aliphatic rings. The lowest BCUT2D eigenvalue weighted by molar-refractivity contribution is -0.883. The third-order valence-corrected chi connectivity index (χ3v) is 5.86. The van der Waals surface area contributed by atoms with Gasteiger partial charge in [-0.15, -0.1) is 0 Å². The average molecular weight is 364 g/mol. The van der Waals surface area contributed by atoms with Gasteiger partial charge in [-0.3, -0.25) is 4.79 Å². The third-order valence-electron chi connectivity index (χ3n) is 4.81. The first-order valence-corrected chi connectivity index (χ1v) is 9.75. The van der Waals surface area contributed by atoms with E-state index in [2.05, 4.69) is 53.3 Å². The summed E-state index contributed by atoms with van der Waals surface area (Å²) in [6.45, 7) is 4.11. The Labute approximate surface area is 158 Å². The summed E-state index contributed by atoms with van der Waals surface area (Å²) in [5, 5.41) is 0.856. The van der Waals surface area contributed by atoms with Gasteiger partial charge in [0.1, 0.15) is 0 Å². The lowest BCUT2D eigenvalue weighted by Crippen LogP contribution is -3.12. The van der Waals surface area contributed by atoms with Crippen molar-refractivity contribution in [2.45, 2.75) is 0 Å². The smallest absolute Gasteiger partial charge is 0.286 e. The van der Waals surface area contributed by atoms with Crippen LogP contribution >= 0.6 is 11.8 Å². The number of nitrogens with one attached hydrogen (secondary N) is 1. The van der Waals surface area contributed by atoms with Gasteiger partial charge in [0, 0.05) is 0 Å². The molecule has 1 N–H and O–H groups in total. The van der Waals surface area contributed by atoms with E-state index in [4.69, 9.17) is 0 Å². The summed E-state index contributed by atoms with van der Waals surface area (Å²) in [7, 11) is 2.20. The monoisotopic (exact) mass is 364 g/mol. The van der Waals surface area contributed by atoms with Gasteiger partial charge in [0.2, 0.25) is 0 Å². The van der Waals surface area contributed by atoms with Crippen LogP contribution in [0.3, 0.4) is 0 Å². The van der Waals surface area contributed by atoms with E-state index in [1.165, 1.54) is 27.8 Å². The van der Waals surface area contributed by atoms with Crippen molar-refractivity contribution in [1.82, 2.24) is 4.90 Å². The van der Waals surface area contributed by atoms with Crippen LogP contribution in [-0.2, 0) is 4.79 Å². The number of amidine groups is 1. The van der Waals surface area contributed by atoms with E-state index in [0.717, 1.165) is 36.9 Å². The normalized spacial score (nSPS) is 19.9. The molecule has 26 heavy (non-hydrogen) atoms. The number of carbonyl (C=O) groups excluding carboxylic acids is 1. The largest absolute Gasteiger partial charge is 0.339 e. The minimum atomic E-state index is -0.122. The zero-order valence-corrected chi connectivity index (χ0v) is 15.6. The van der Waals surface area contributed by atoms with E-state index in [-0.39, 0.29) is 5.91 Å². The van der Waals surface area contributed by atoms with Gasteiger partial charge in [0.25, 0.3) is 5.91 Å². The summed E-state index contributed by atoms with van der Waals surface area (Å²) in [5.41, 5.74) is 3.40. The van der Waals surface area contributed by atoms with Crippen LogP contribution in [0, 0.1) is 0 Å². The van der Waals surface area contributed by atoms with Gasteiger partial charge in [-0.1, -0.05) is 54.6 Å². The number of benzene rings is 2. The summed E-state index contributed by atoms with van der Waals surface area (Å²) in [5.74, 6) is -0.122. The Morgan fingerprint density at radius 2 is 1.65 bits per heavy atom. The molecule has 132 valence electrons. The maximum absolute atomic E-state index is 12.3. The maximum Gasteiger partial charge on any atom is 0.286 e. The number of thioether (sulfide) groups is 1. The molecule has 1 amide bonds. The van der Waals surface area contributed by atoms with Crippen molar-refractivity contribution in [1.29, 1.82) is 0 Å². The lowest BCUT2D eigenvalue weighted by Gasteiger charge is -2.30. The first-order valence-electron chi connectivity index (χ1n) is 8.93. The Kier molecular flexibility index (Phi) is 4.91. The molecule has 0 aromatic heterocycles. The van der Waals surface area contributed by atoms with Crippen molar-refractivity contribution in [3.05, 3.63) is 65.1 Å². The van der Waals surface area contributed by atoms with E-state index in [9.17, 15) is 4.79 Å². The van der Waals surface area contributed by atoms with Crippen LogP contribution in [0.25, 0.3) is 17.2 Å². The molecule has 2 aromatic carbocycles. The first kappa shape index (κ1) is 17.1. The predicted molar refractivity (Wildman–Crippen MR) is 108 cm³/mol. The van der Waals surface area contributed by atoms with Crippen LogP contribution in [0.15, 0.2) is 64.5 Å². The molecule has 2 heterocycles. The van der Waals surface area contributed by atoms with E-state index in [1.807, 2.05) is 24.3 Å². The number of hydrogen-bond acceptors (Lipinski definition) is 3. The molecule has 0 unspecified atom stereocenters. The molecule has 4 rings (SSSR count). The Morgan fingerprint density at radius 1 is 1.00 bits per heavy atom. The number of piperazine rings is 1. The summed E-state index contributed by atoms with van der Waals surface area (Å²) in [6, 6.07) is 18.6. The number of quaternary nitrogens is 1. The number of likely N-dealkylation sites (N-methyl/N-ethyl adjacent to an activating group) is 1. The second-order valence-corrected chi connectivity index (χ2v) is 7.75. The van der Waals surface area contributed by atoms with Crippen molar-refractivity contribution in [2.24, 2.45) is 4.99 Å². The van der Waals surface area contributed by atoms with Gasteiger partial charge in [0.05, 0.1) is 38.1 Å². The van der Waals surface area contributed by atoms with Crippen LogP contribution < -0.4 is 4.90 Å². The van der Waals surface area contributed by atoms with Gasteiger partial charge in [0.15, 0.2) is 5.17 Å². The van der Waals surface area contributed by atoms with Crippen LogP contribution in [0.1, 0.15) is 5.56 Å². The number of hydrogen-bond donors (Lipinski definition) is 1. The molecule has 2 aromatic rings. The molecule has 0 spiro atoms. The fraction of sp³-hybridized carbons (Fsp3) is 0.238. The lowest BCUT2D eigenvalue weighted by atomic mass is 10.0. The molecule has 0 bridgehead atoms. The minimum absolute atomic E-state index is 0.122. The average Bonchev–Trinajstić information content (AvgIpc) is 3.04. The molecule has 2 aliphatic heterocycles. The van der Waals surface area contributed by atoms with Crippen LogP contribution in [0.4, 0.5) is 0 Å². The fourth-order valence-electron chi connectivity index (χ4n) is 3.17. The Balaban J connectivity index is 1.46. The number of nitrogens with zero attached hydrogens (tertiary/aromatic N) is 2. The molecular formula is C21H22N3OS+. The van der Waals surface area contributed by atoms with E-state index in [1.54, 1.807) is 0 Å². The molecule has 1 saturated heterocycles. The minimum Gasteiger partial charge on any atom is -0.339 e. The van der Waals surface area contributed by atoms with Gasteiger partial charge in [-0.2, -0.15) is 4.99 Å². The van der Waals surface area contributed by atoms with Gasteiger partial charge >= 0.3 is 0 Å². The van der Waals surface area contributed by atoms with Crippen molar-refractivity contribution >= 4 is 28.9 Å². The number of rotatable bonds is 2. The Morgan fingerprint density at radius 3 is 2.35 bits per heavy atom. The molecule has 1 fully saturated rings. The Bertz CT molecular complexity index is 851. The summed E-state index contributed by atoms with van der Waals surface area (Å²) in [4.78, 5) is 21.0. The van der Waals surface area contributed by atoms with Gasteiger partial charge in [-0.05, 0) is 34.5 Å². The van der Waals surface area contributed by atoms with Gasteiger partial charge in [-0.25, -0.2) is 0 Å². The highest BCUT2D eigenvalue weighted by Crippen LogP contribution is 2.30. The SMILES string of the molecule is C[NH+]1CCN(C2=NC(=O)/C(=C\c3ccc(-c4ccccc4)cc3)S2)CC1. The topological polar surface area (TPSA) is 37.1 Å². The molecule has 4 nitrogen and oxygen atoms in total. The molecule has 0 atom stereocenters. The van der Waals surface area contributed by atoms with Crippen LogP contribution in [0.5, 0.6) is 0 Å². The molecule has 0 radical (unpaired) electrons. The van der Waals surface area contributed by atoms with E-state index >= 15 is 0 Å². The van der Waals surface area contributed by atoms with E-state index in [0.29, 0.717) is 4.91 Å². The third kappa shape index (κ3) is 3.74. The van der Waals surface area contributed by atoms with Crippen molar-refractivity contribution in [3.63, 3.8) is 0 Å². The van der Waals surface area contributed by atoms with Crippen LogP contribution in [0.2, 0.25) is 0 Å².